The zero-order valence-corrected chi connectivity index (χ0v) is 22.9. The van der Waals surface area contributed by atoms with Crippen LogP contribution in [0, 0.1) is 5.92 Å². The molecule has 0 aliphatic heterocycles. The van der Waals surface area contributed by atoms with E-state index < -0.39 is 43.4 Å². The minimum Gasteiger partial charge on any atom is -0.461 e. The van der Waals surface area contributed by atoms with E-state index in [1.165, 1.54) is 0 Å². The van der Waals surface area contributed by atoms with Gasteiger partial charge in [0, 0.05) is 13.0 Å². The summed E-state index contributed by atoms with van der Waals surface area (Å²) in [5, 5.41) is 11.8. The largest absolute Gasteiger partial charge is 0.461 e. The Morgan fingerprint density at radius 2 is 1.47 bits per heavy atom. The Morgan fingerprint density at radius 3 is 2.00 bits per heavy atom. The SMILES string of the molecule is CC(C)(C)OC(=O)NCCCC(O)(P=O)C(CCC(=O)OCc1ccccc1)C(=O)OCc1ccccc1. The van der Waals surface area contributed by atoms with Gasteiger partial charge >= 0.3 is 18.0 Å². The fourth-order valence-electron chi connectivity index (χ4n) is 3.58. The molecule has 0 aromatic heterocycles. The van der Waals surface area contributed by atoms with Crippen molar-refractivity contribution in [3.8, 4) is 0 Å². The predicted molar refractivity (Wildman–Crippen MR) is 141 cm³/mol. The third-order valence-corrected chi connectivity index (χ3v) is 6.35. The summed E-state index contributed by atoms with van der Waals surface area (Å²) in [6.07, 6.45) is -0.844. The van der Waals surface area contributed by atoms with Crippen molar-refractivity contribution in [1.82, 2.24) is 5.32 Å². The molecule has 206 valence electrons. The van der Waals surface area contributed by atoms with E-state index in [0.717, 1.165) is 11.1 Å². The van der Waals surface area contributed by atoms with Gasteiger partial charge in [-0.1, -0.05) is 60.7 Å². The first-order valence-corrected chi connectivity index (χ1v) is 13.3. The molecule has 0 bridgehead atoms. The van der Waals surface area contributed by atoms with Gasteiger partial charge in [0.15, 0.2) is 13.8 Å². The molecular formula is C28H36NO8P. The van der Waals surface area contributed by atoms with Crippen LogP contribution >= 0.6 is 8.46 Å². The topological polar surface area (TPSA) is 128 Å². The number of carbonyl (C=O) groups excluding carboxylic acids is 3. The Labute approximate surface area is 225 Å². The average Bonchev–Trinajstić information content (AvgIpc) is 2.89. The smallest absolute Gasteiger partial charge is 0.407 e. The van der Waals surface area contributed by atoms with Crippen LogP contribution in [0.1, 0.15) is 57.6 Å². The summed E-state index contributed by atoms with van der Waals surface area (Å²) in [5.41, 5.74) is 0.889. The second kappa shape index (κ2) is 15.2. The van der Waals surface area contributed by atoms with Crippen LogP contribution in [0.3, 0.4) is 0 Å². The summed E-state index contributed by atoms with van der Waals surface area (Å²) < 4.78 is 28.0. The lowest BCUT2D eigenvalue weighted by atomic mass is 9.92. The maximum absolute atomic E-state index is 13.0. The van der Waals surface area contributed by atoms with Gasteiger partial charge in [0.05, 0.1) is 5.92 Å². The van der Waals surface area contributed by atoms with Crippen molar-refractivity contribution in [2.75, 3.05) is 6.54 Å². The van der Waals surface area contributed by atoms with E-state index in [0.29, 0.717) is 0 Å². The first-order valence-electron chi connectivity index (χ1n) is 12.5. The van der Waals surface area contributed by atoms with E-state index in [-0.39, 0.29) is 45.4 Å². The van der Waals surface area contributed by atoms with E-state index in [4.69, 9.17) is 14.2 Å². The monoisotopic (exact) mass is 545 g/mol. The number of hydrogen-bond donors (Lipinski definition) is 2. The minimum absolute atomic E-state index is 0.0410. The summed E-state index contributed by atoms with van der Waals surface area (Å²) in [6, 6.07) is 18.1. The lowest BCUT2D eigenvalue weighted by Gasteiger charge is -2.29. The van der Waals surface area contributed by atoms with Crippen molar-refractivity contribution in [2.45, 2.75) is 70.6 Å². The van der Waals surface area contributed by atoms with E-state index in [1.807, 2.05) is 36.4 Å². The van der Waals surface area contributed by atoms with Gasteiger partial charge in [0.1, 0.15) is 18.8 Å². The van der Waals surface area contributed by atoms with Gasteiger partial charge in [-0.25, -0.2) is 4.79 Å². The van der Waals surface area contributed by atoms with Gasteiger partial charge in [-0.05, 0) is 51.2 Å². The van der Waals surface area contributed by atoms with Crippen LogP contribution in [0.4, 0.5) is 4.79 Å². The molecule has 0 heterocycles. The number of amides is 1. The van der Waals surface area contributed by atoms with Crippen molar-refractivity contribution in [3.63, 3.8) is 0 Å². The Bertz CT molecular complexity index is 1040. The molecule has 2 N–H and O–H groups in total. The van der Waals surface area contributed by atoms with Crippen molar-refractivity contribution >= 4 is 26.5 Å². The number of alkyl carbamates (subject to hydrolysis) is 1. The number of hydrogen-bond acceptors (Lipinski definition) is 8. The molecule has 0 radical (unpaired) electrons. The van der Waals surface area contributed by atoms with Crippen LogP contribution in [-0.2, 0) is 41.6 Å². The number of benzene rings is 2. The lowest BCUT2D eigenvalue weighted by Crippen LogP contribution is -2.40. The van der Waals surface area contributed by atoms with E-state index in [1.54, 1.807) is 45.0 Å². The van der Waals surface area contributed by atoms with Gasteiger partial charge in [0.2, 0.25) is 0 Å². The molecule has 2 atom stereocenters. The van der Waals surface area contributed by atoms with Gasteiger partial charge in [-0.3, -0.25) is 14.2 Å². The third kappa shape index (κ3) is 11.4. The second-order valence-electron chi connectivity index (χ2n) is 9.83. The highest BCUT2D eigenvalue weighted by Gasteiger charge is 2.43. The molecule has 0 saturated heterocycles. The Hall–Kier alpha value is -3.29. The van der Waals surface area contributed by atoms with E-state index in [9.17, 15) is 24.1 Å². The van der Waals surface area contributed by atoms with Crippen molar-refractivity contribution in [1.29, 1.82) is 0 Å². The van der Waals surface area contributed by atoms with Crippen LogP contribution < -0.4 is 5.32 Å². The Balaban J connectivity index is 2.01. The molecule has 0 fully saturated rings. The maximum atomic E-state index is 13.0. The fourth-order valence-corrected chi connectivity index (χ4v) is 4.19. The standard InChI is InChI=1S/C28H36NO8P/c1-27(2,3)37-26(32)29-18-10-17-28(33,38-34)23(25(31)36-20-22-13-8-5-9-14-22)15-16-24(30)35-19-21-11-6-4-7-12-21/h4-9,11-14,23,33H,10,15-20H2,1-3H3,(H,29,32). The van der Waals surface area contributed by atoms with Crippen molar-refractivity contribution in [2.24, 2.45) is 5.92 Å². The number of nitrogens with one attached hydrogen (secondary N) is 1. The van der Waals surface area contributed by atoms with E-state index in [2.05, 4.69) is 5.32 Å². The van der Waals surface area contributed by atoms with Crippen LogP contribution in [0.15, 0.2) is 60.7 Å². The van der Waals surface area contributed by atoms with Crippen LogP contribution in [0.5, 0.6) is 0 Å². The quantitative estimate of drug-likeness (QED) is 0.144. The van der Waals surface area contributed by atoms with Crippen molar-refractivity contribution < 1.29 is 38.3 Å². The number of esters is 2. The first-order chi connectivity index (χ1) is 18.0. The lowest BCUT2D eigenvalue weighted by molar-refractivity contribution is -0.157. The number of rotatable bonds is 14. The Morgan fingerprint density at radius 1 is 0.921 bits per heavy atom. The highest BCUT2D eigenvalue weighted by Crippen LogP contribution is 2.37. The van der Waals surface area contributed by atoms with E-state index >= 15 is 0 Å². The molecular weight excluding hydrogens is 509 g/mol. The van der Waals surface area contributed by atoms with Crippen LogP contribution in [0.2, 0.25) is 0 Å². The second-order valence-corrected chi connectivity index (χ2v) is 10.8. The summed E-state index contributed by atoms with van der Waals surface area (Å²) in [4.78, 5) is 37.3. The maximum Gasteiger partial charge on any atom is 0.407 e. The van der Waals surface area contributed by atoms with Gasteiger partial charge in [0.25, 0.3) is 0 Å². The summed E-state index contributed by atoms with van der Waals surface area (Å²) in [5.74, 6) is -2.61. The first kappa shape index (κ1) is 30.9. The molecule has 0 spiro atoms. The molecule has 0 saturated carbocycles. The highest BCUT2D eigenvalue weighted by molar-refractivity contribution is 7.25. The molecule has 38 heavy (non-hydrogen) atoms. The summed E-state index contributed by atoms with van der Waals surface area (Å²) >= 11 is 0. The van der Waals surface area contributed by atoms with Crippen molar-refractivity contribution in [3.05, 3.63) is 71.8 Å². The van der Waals surface area contributed by atoms with Crippen LogP contribution in [0.25, 0.3) is 0 Å². The molecule has 2 rings (SSSR count). The molecule has 2 unspecified atom stereocenters. The normalized spacial score (nSPS) is 13.7. The predicted octanol–water partition coefficient (Wildman–Crippen LogP) is 5.15. The Kier molecular flexibility index (Phi) is 12.4. The number of ether oxygens (including phenoxy) is 3. The molecule has 10 heteroatoms. The molecule has 1 amide bonds. The molecule has 0 aliphatic carbocycles. The zero-order chi connectivity index (χ0) is 28.0. The minimum atomic E-state index is -2.01. The molecule has 2 aromatic rings. The van der Waals surface area contributed by atoms with Gasteiger partial charge in [-0.2, -0.15) is 0 Å². The number of carbonyl (C=O) groups is 3. The molecule has 9 nitrogen and oxygen atoms in total. The number of aliphatic hydroxyl groups is 1. The molecule has 2 aromatic carbocycles. The zero-order valence-electron chi connectivity index (χ0n) is 22.1. The van der Waals surface area contributed by atoms with Gasteiger partial charge < -0.3 is 24.6 Å². The fraction of sp³-hybridized carbons (Fsp3) is 0.464. The van der Waals surface area contributed by atoms with Gasteiger partial charge in [-0.15, -0.1) is 0 Å². The summed E-state index contributed by atoms with van der Waals surface area (Å²) in [6.45, 7) is 5.36. The molecule has 0 aliphatic rings. The summed E-state index contributed by atoms with van der Waals surface area (Å²) in [7, 11) is -0.698. The van der Waals surface area contributed by atoms with Crippen LogP contribution in [-0.4, -0.2) is 40.6 Å². The third-order valence-electron chi connectivity index (χ3n) is 5.49. The average molecular weight is 546 g/mol. The highest BCUT2D eigenvalue weighted by atomic mass is 31.1.